The zero-order valence-electron chi connectivity index (χ0n) is 18.0. The summed E-state index contributed by atoms with van der Waals surface area (Å²) in [4.78, 5) is 35.0. The number of aromatic nitrogens is 2. The fraction of sp³-hybridized carbons (Fsp3) is 0.435. The maximum absolute atomic E-state index is 13.6. The lowest BCUT2D eigenvalue weighted by atomic mass is 9.97. The van der Waals surface area contributed by atoms with Gasteiger partial charge in [-0.25, -0.2) is 4.98 Å². The minimum Gasteiger partial charge on any atom is -0.467 e. The van der Waals surface area contributed by atoms with Gasteiger partial charge in [-0.1, -0.05) is 23.9 Å². The molecule has 0 bridgehead atoms. The Morgan fingerprint density at radius 3 is 2.90 bits per heavy atom. The van der Waals surface area contributed by atoms with Gasteiger partial charge >= 0.3 is 0 Å². The standard InChI is InChI=1S/C23H27N3O3S2/c1-4-25(12-15(2)3)19(27)14-30-23-24-21-20(17-9-5-6-10-18(17)31-21)22(28)26(23)13-16-8-7-11-29-16/h7-8,11H,2,4-6,9-10,12-14H2,1,3H3. The highest BCUT2D eigenvalue weighted by Gasteiger charge is 2.23. The van der Waals surface area contributed by atoms with E-state index in [1.165, 1.54) is 22.2 Å². The average Bonchev–Trinajstić information content (AvgIpc) is 3.39. The van der Waals surface area contributed by atoms with Crippen molar-refractivity contribution in [3.8, 4) is 0 Å². The number of thioether (sulfide) groups is 1. The highest BCUT2D eigenvalue weighted by molar-refractivity contribution is 7.99. The van der Waals surface area contributed by atoms with Crippen molar-refractivity contribution >= 4 is 39.2 Å². The first-order valence-corrected chi connectivity index (χ1v) is 12.4. The quantitative estimate of drug-likeness (QED) is 0.283. The Labute approximate surface area is 190 Å². The second kappa shape index (κ2) is 9.44. The van der Waals surface area contributed by atoms with Crippen molar-refractivity contribution in [1.82, 2.24) is 14.5 Å². The Morgan fingerprint density at radius 2 is 2.19 bits per heavy atom. The molecule has 0 aliphatic heterocycles. The zero-order chi connectivity index (χ0) is 22.0. The predicted octanol–water partition coefficient (Wildman–Crippen LogP) is 4.49. The molecule has 164 valence electrons. The zero-order valence-corrected chi connectivity index (χ0v) is 19.6. The number of likely N-dealkylation sites (N-methyl/N-ethyl adjacent to an activating group) is 1. The summed E-state index contributed by atoms with van der Waals surface area (Å²) in [6.45, 7) is 9.25. The van der Waals surface area contributed by atoms with Crippen molar-refractivity contribution < 1.29 is 9.21 Å². The van der Waals surface area contributed by atoms with Gasteiger partial charge in [0, 0.05) is 18.0 Å². The lowest BCUT2D eigenvalue weighted by Gasteiger charge is -2.21. The summed E-state index contributed by atoms with van der Waals surface area (Å²) >= 11 is 2.95. The molecule has 0 spiro atoms. The summed E-state index contributed by atoms with van der Waals surface area (Å²) < 4.78 is 7.16. The molecule has 1 aliphatic rings. The number of carbonyl (C=O) groups excluding carboxylic acids is 1. The summed E-state index contributed by atoms with van der Waals surface area (Å²) in [5, 5.41) is 1.31. The summed E-state index contributed by atoms with van der Waals surface area (Å²) in [7, 11) is 0. The van der Waals surface area contributed by atoms with Crippen molar-refractivity contribution in [3.05, 3.63) is 57.1 Å². The Balaban J connectivity index is 1.70. The van der Waals surface area contributed by atoms with Crippen LogP contribution in [0.5, 0.6) is 0 Å². The number of nitrogens with zero attached hydrogens (tertiary/aromatic N) is 3. The Hall–Kier alpha value is -2.32. The number of amides is 1. The third-order valence-corrected chi connectivity index (χ3v) is 7.60. The molecule has 0 N–H and O–H groups in total. The maximum Gasteiger partial charge on any atom is 0.263 e. The van der Waals surface area contributed by atoms with E-state index in [0.29, 0.717) is 30.6 Å². The minimum atomic E-state index is -0.0370. The molecule has 1 aliphatic carbocycles. The molecule has 6 nitrogen and oxygen atoms in total. The topological polar surface area (TPSA) is 68.3 Å². The lowest BCUT2D eigenvalue weighted by molar-refractivity contribution is -0.127. The second-order valence-electron chi connectivity index (χ2n) is 7.91. The summed E-state index contributed by atoms with van der Waals surface area (Å²) in [5.74, 6) is 0.931. The molecule has 3 heterocycles. The molecule has 1 amide bonds. The smallest absolute Gasteiger partial charge is 0.263 e. The number of hydrogen-bond donors (Lipinski definition) is 0. The van der Waals surface area contributed by atoms with Crippen LogP contribution in [0.2, 0.25) is 0 Å². The predicted molar refractivity (Wildman–Crippen MR) is 126 cm³/mol. The Bertz CT molecular complexity index is 1160. The fourth-order valence-corrected chi connectivity index (χ4v) is 6.15. The fourth-order valence-electron chi connectivity index (χ4n) is 3.95. The van der Waals surface area contributed by atoms with E-state index < -0.39 is 0 Å². The maximum atomic E-state index is 13.6. The van der Waals surface area contributed by atoms with Crippen molar-refractivity contribution in [3.63, 3.8) is 0 Å². The number of carbonyl (C=O) groups is 1. The number of hydrogen-bond acceptors (Lipinski definition) is 6. The number of rotatable bonds is 8. The van der Waals surface area contributed by atoms with Crippen LogP contribution >= 0.6 is 23.1 Å². The molecule has 0 saturated carbocycles. The Kier molecular flexibility index (Phi) is 6.67. The lowest BCUT2D eigenvalue weighted by Crippen LogP contribution is -2.34. The van der Waals surface area contributed by atoms with Crippen LogP contribution in [0, 0.1) is 0 Å². The third kappa shape index (κ3) is 4.65. The van der Waals surface area contributed by atoms with E-state index in [1.807, 2.05) is 26.0 Å². The van der Waals surface area contributed by atoms with Crippen LogP contribution in [0.1, 0.15) is 42.9 Å². The first-order valence-electron chi connectivity index (χ1n) is 10.6. The normalized spacial score (nSPS) is 13.4. The number of furan rings is 1. The molecule has 31 heavy (non-hydrogen) atoms. The van der Waals surface area contributed by atoms with Gasteiger partial charge in [-0.2, -0.15) is 0 Å². The molecule has 0 saturated heterocycles. The molecular formula is C23H27N3O3S2. The largest absolute Gasteiger partial charge is 0.467 e. The highest BCUT2D eigenvalue weighted by atomic mass is 32.2. The molecular weight excluding hydrogens is 430 g/mol. The van der Waals surface area contributed by atoms with E-state index in [0.717, 1.165) is 41.5 Å². The first-order chi connectivity index (χ1) is 15.0. The average molecular weight is 458 g/mol. The summed E-state index contributed by atoms with van der Waals surface area (Å²) in [6, 6.07) is 3.66. The first kappa shape index (κ1) is 21.9. The molecule has 0 aromatic carbocycles. The molecule has 0 fully saturated rings. The van der Waals surface area contributed by atoms with Crippen LogP contribution in [-0.4, -0.2) is 39.2 Å². The Morgan fingerprint density at radius 1 is 1.39 bits per heavy atom. The van der Waals surface area contributed by atoms with Crippen LogP contribution in [0.15, 0.2) is 44.9 Å². The van der Waals surface area contributed by atoms with Gasteiger partial charge in [0.25, 0.3) is 5.56 Å². The third-order valence-electron chi connectivity index (χ3n) is 5.45. The van der Waals surface area contributed by atoms with Gasteiger partial charge in [0.1, 0.15) is 10.6 Å². The number of fused-ring (bicyclic) bond motifs is 3. The van der Waals surface area contributed by atoms with Gasteiger partial charge in [0.15, 0.2) is 5.16 Å². The molecule has 3 aromatic rings. The van der Waals surface area contributed by atoms with Crippen molar-refractivity contribution in [2.24, 2.45) is 0 Å². The monoisotopic (exact) mass is 457 g/mol. The van der Waals surface area contributed by atoms with Crippen LogP contribution in [0.25, 0.3) is 10.2 Å². The molecule has 0 radical (unpaired) electrons. The molecule has 0 unspecified atom stereocenters. The van der Waals surface area contributed by atoms with Gasteiger partial charge in [0.05, 0.1) is 23.9 Å². The van der Waals surface area contributed by atoms with Gasteiger partial charge in [-0.3, -0.25) is 14.2 Å². The van der Waals surface area contributed by atoms with Crippen LogP contribution in [-0.2, 0) is 24.2 Å². The number of thiophene rings is 1. The van der Waals surface area contributed by atoms with E-state index in [9.17, 15) is 9.59 Å². The van der Waals surface area contributed by atoms with Gasteiger partial charge in [0.2, 0.25) is 5.91 Å². The van der Waals surface area contributed by atoms with Crippen molar-refractivity contribution in [2.45, 2.75) is 51.2 Å². The van der Waals surface area contributed by atoms with E-state index in [-0.39, 0.29) is 17.2 Å². The molecule has 3 aromatic heterocycles. The van der Waals surface area contributed by atoms with Crippen molar-refractivity contribution in [2.75, 3.05) is 18.8 Å². The highest BCUT2D eigenvalue weighted by Crippen LogP contribution is 2.34. The number of aryl methyl sites for hydroxylation is 2. The van der Waals surface area contributed by atoms with Gasteiger partial charge in [-0.15, -0.1) is 11.3 Å². The minimum absolute atomic E-state index is 0.0138. The van der Waals surface area contributed by atoms with Gasteiger partial charge in [-0.05, 0) is 57.2 Å². The SMILES string of the molecule is C=C(C)CN(CC)C(=O)CSc1nc2sc3c(c2c(=O)n1Cc1ccco1)CCCC3. The molecule has 4 rings (SSSR count). The molecule has 0 atom stereocenters. The van der Waals surface area contributed by atoms with Gasteiger partial charge < -0.3 is 9.32 Å². The summed E-state index contributed by atoms with van der Waals surface area (Å²) in [6.07, 6.45) is 5.82. The van der Waals surface area contributed by atoms with Crippen LogP contribution < -0.4 is 5.56 Å². The van der Waals surface area contributed by atoms with E-state index in [4.69, 9.17) is 9.40 Å². The van der Waals surface area contributed by atoms with Crippen molar-refractivity contribution in [1.29, 1.82) is 0 Å². The van der Waals surface area contributed by atoms with Crippen LogP contribution in [0.3, 0.4) is 0 Å². The van der Waals surface area contributed by atoms with E-state index in [2.05, 4.69) is 6.58 Å². The van der Waals surface area contributed by atoms with E-state index >= 15 is 0 Å². The second-order valence-corrected chi connectivity index (χ2v) is 9.94. The van der Waals surface area contributed by atoms with Crippen LogP contribution in [0.4, 0.5) is 0 Å². The summed E-state index contributed by atoms with van der Waals surface area (Å²) in [5.41, 5.74) is 2.08. The molecule has 8 heteroatoms. The van der Waals surface area contributed by atoms with E-state index in [1.54, 1.807) is 27.1 Å².